The Hall–Kier alpha value is -2.18. The Bertz CT molecular complexity index is 492. The van der Waals surface area contributed by atoms with E-state index in [1.54, 1.807) is 36.6 Å². The number of ether oxygens (including phenoxy) is 1. The van der Waals surface area contributed by atoms with E-state index in [2.05, 4.69) is 18.4 Å². The number of phenolic OH excluding ortho intramolecular Hbond substituents is 1. The summed E-state index contributed by atoms with van der Waals surface area (Å²) < 4.78 is 5.18. The van der Waals surface area contributed by atoms with Crippen LogP contribution in [-0.4, -0.2) is 23.4 Å². The minimum absolute atomic E-state index is 0.124. The fourth-order valence-corrected chi connectivity index (χ4v) is 1.33. The third-order valence-electron chi connectivity index (χ3n) is 2.31. The minimum Gasteiger partial charge on any atom is -0.507 e. The van der Waals surface area contributed by atoms with Crippen molar-refractivity contribution >= 4 is 6.08 Å². The van der Waals surface area contributed by atoms with Crippen molar-refractivity contribution in [3.05, 3.63) is 48.2 Å². The molecule has 0 atom stereocenters. The molecule has 0 aliphatic heterocycles. The lowest BCUT2D eigenvalue weighted by atomic mass is 10.1. The van der Waals surface area contributed by atoms with Crippen LogP contribution < -0.4 is 0 Å². The molecule has 0 fully saturated rings. The molecule has 0 radical (unpaired) electrons. The molecule has 3 heteroatoms. The zero-order valence-corrected chi connectivity index (χ0v) is 10.8. The number of benzene rings is 1. The van der Waals surface area contributed by atoms with Gasteiger partial charge in [-0.2, -0.15) is 0 Å². The number of rotatable bonds is 6. The Morgan fingerprint density at radius 3 is 2.95 bits per heavy atom. The number of aliphatic hydroxyl groups excluding tert-OH is 1. The molecule has 1 rings (SSSR count). The molecule has 3 nitrogen and oxygen atoms in total. The van der Waals surface area contributed by atoms with Crippen molar-refractivity contribution in [2.24, 2.45) is 0 Å². The summed E-state index contributed by atoms with van der Waals surface area (Å²) in [6.45, 7) is 4.28. The summed E-state index contributed by atoms with van der Waals surface area (Å²) in [6, 6.07) is 5.18. The van der Waals surface area contributed by atoms with E-state index in [1.165, 1.54) is 0 Å². The molecule has 0 aliphatic rings. The Kier molecular flexibility index (Phi) is 6.93. The van der Waals surface area contributed by atoms with Crippen LogP contribution >= 0.6 is 0 Å². The van der Waals surface area contributed by atoms with E-state index in [-0.39, 0.29) is 12.4 Å². The largest absolute Gasteiger partial charge is 0.507 e. The van der Waals surface area contributed by atoms with Crippen molar-refractivity contribution in [3.63, 3.8) is 0 Å². The van der Waals surface area contributed by atoms with Gasteiger partial charge in [-0.15, -0.1) is 0 Å². The fourth-order valence-electron chi connectivity index (χ4n) is 1.33. The van der Waals surface area contributed by atoms with E-state index in [4.69, 9.17) is 9.84 Å². The van der Waals surface area contributed by atoms with Crippen LogP contribution in [0.3, 0.4) is 0 Å². The van der Waals surface area contributed by atoms with Crippen molar-refractivity contribution in [1.29, 1.82) is 0 Å². The molecule has 0 bridgehead atoms. The Balaban J connectivity index is 2.43. The smallest absolute Gasteiger partial charge is 0.131 e. The molecule has 0 unspecified atom stereocenters. The second-order valence-corrected chi connectivity index (χ2v) is 3.79. The standard InChI is InChI=1S/C16H18O3/c1-2-14-8-9-16(18)15(13-14)7-3-5-11-19-12-6-4-10-17/h2,6,8-9,12-13,17-18H,1,4-5,10-11H2/b12-6+. The van der Waals surface area contributed by atoms with Gasteiger partial charge in [-0.25, -0.2) is 0 Å². The summed E-state index contributed by atoms with van der Waals surface area (Å²) in [5.74, 6) is 6.00. The number of aromatic hydroxyl groups is 1. The van der Waals surface area contributed by atoms with Gasteiger partial charge in [0.2, 0.25) is 0 Å². The van der Waals surface area contributed by atoms with Crippen molar-refractivity contribution in [3.8, 4) is 17.6 Å². The highest BCUT2D eigenvalue weighted by Crippen LogP contribution is 2.17. The van der Waals surface area contributed by atoms with Gasteiger partial charge in [0, 0.05) is 13.0 Å². The number of hydrogen-bond acceptors (Lipinski definition) is 3. The topological polar surface area (TPSA) is 49.7 Å². The predicted molar refractivity (Wildman–Crippen MR) is 76.5 cm³/mol. The van der Waals surface area contributed by atoms with Crippen LogP contribution in [0.15, 0.2) is 37.1 Å². The average Bonchev–Trinajstić information content (AvgIpc) is 2.43. The summed E-state index contributed by atoms with van der Waals surface area (Å²) in [5, 5.41) is 18.2. The average molecular weight is 258 g/mol. The van der Waals surface area contributed by atoms with Crippen LogP contribution in [0, 0.1) is 11.8 Å². The third kappa shape index (κ3) is 5.80. The lowest BCUT2D eigenvalue weighted by Crippen LogP contribution is -1.86. The number of phenols is 1. The van der Waals surface area contributed by atoms with Crippen molar-refractivity contribution in [2.45, 2.75) is 12.8 Å². The monoisotopic (exact) mass is 258 g/mol. The van der Waals surface area contributed by atoms with E-state index in [0.717, 1.165) is 5.56 Å². The highest BCUT2D eigenvalue weighted by Gasteiger charge is 1.97. The second-order valence-electron chi connectivity index (χ2n) is 3.79. The first kappa shape index (κ1) is 14.9. The van der Waals surface area contributed by atoms with Gasteiger partial charge in [-0.3, -0.25) is 0 Å². The van der Waals surface area contributed by atoms with Gasteiger partial charge in [0.1, 0.15) is 5.75 Å². The van der Waals surface area contributed by atoms with Gasteiger partial charge >= 0.3 is 0 Å². The fraction of sp³-hybridized carbons (Fsp3) is 0.250. The van der Waals surface area contributed by atoms with E-state index >= 15 is 0 Å². The van der Waals surface area contributed by atoms with E-state index in [9.17, 15) is 5.11 Å². The summed E-state index contributed by atoms with van der Waals surface area (Å²) in [7, 11) is 0. The minimum atomic E-state index is 0.124. The van der Waals surface area contributed by atoms with Crippen molar-refractivity contribution in [1.82, 2.24) is 0 Å². The van der Waals surface area contributed by atoms with E-state index in [0.29, 0.717) is 25.0 Å². The first-order valence-electron chi connectivity index (χ1n) is 6.09. The van der Waals surface area contributed by atoms with E-state index < -0.39 is 0 Å². The number of aliphatic hydroxyl groups is 1. The molecule has 2 N–H and O–H groups in total. The lowest BCUT2D eigenvalue weighted by Gasteiger charge is -1.98. The highest BCUT2D eigenvalue weighted by molar-refractivity contribution is 5.55. The quantitative estimate of drug-likeness (QED) is 0.468. The first-order chi connectivity index (χ1) is 9.27. The summed E-state index contributed by atoms with van der Waals surface area (Å²) in [5.41, 5.74) is 1.51. The van der Waals surface area contributed by atoms with Crippen LogP contribution in [0.25, 0.3) is 6.08 Å². The molecular formula is C16H18O3. The van der Waals surface area contributed by atoms with Crippen molar-refractivity contribution < 1.29 is 14.9 Å². The van der Waals surface area contributed by atoms with Gasteiger partial charge in [0.15, 0.2) is 0 Å². The van der Waals surface area contributed by atoms with Crippen LogP contribution in [0.1, 0.15) is 24.0 Å². The molecule has 0 saturated carbocycles. The molecule has 100 valence electrons. The van der Waals surface area contributed by atoms with Gasteiger partial charge in [-0.05, 0) is 30.2 Å². The molecule has 0 aromatic heterocycles. The van der Waals surface area contributed by atoms with Gasteiger partial charge < -0.3 is 14.9 Å². The maximum absolute atomic E-state index is 9.63. The molecular weight excluding hydrogens is 240 g/mol. The molecule has 0 amide bonds. The van der Waals surface area contributed by atoms with E-state index in [1.807, 2.05) is 0 Å². The summed E-state index contributed by atoms with van der Waals surface area (Å²) >= 11 is 0. The number of hydrogen-bond donors (Lipinski definition) is 2. The zero-order valence-electron chi connectivity index (χ0n) is 10.8. The first-order valence-corrected chi connectivity index (χ1v) is 6.09. The predicted octanol–water partition coefficient (Wildman–Crippen LogP) is 2.69. The molecule has 1 aromatic carbocycles. The summed E-state index contributed by atoms with van der Waals surface area (Å²) in [6.07, 6.45) is 6.19. The normalized spacial score (nSPS) is 9.95. The van der Waals surface area contributed by atoms with Crippen LogP contribution in [-0.2, 0) is 4.74 Å². The molecule has 1 aromatic rings. The van der Waals surface area contributed by atoms with Gasteiger partial charge in [0.25, 0.3) is 0 Å². The molecule has 0 spiro atoms. The SMILES string of the molecule is C=Cc1ccc(O)c(C#CCCO/C=C/CCO)c1. The van der Waals surface area contributed by atoms with Gasteiger partial charge in [0.05, 0.1) is 18.4 Å². The summed E-state index contributed by atoms with van der Waals surface area (Å²) in [4.78, 5) is 0. The Labute approximate surface area is 113 Å². The van der Waals surface area contributed by atoms with Crippen molar-refractivity contribution in [2.75, 3.05) is 13.2 Å². The van der Waals surface area contributed by atoms with Gasteiger partial charge in [-0.1, -0.05) is 30.6 Å². The molecule has 19 heavy (non-hydrogen) atoms. The molecule has 0 saturated heterocycles. The maximum Gasteiger partial charge on any atom is 0.131 e. The van der Waals surface area contributed by atoms with Crippen LogP contribution in [0.5, 0.6) is 5.75 Å². The van der Waals surface area contributed by atoms with Crippen LogP contribution in [0.4, 0.5) is 0 Å². The maximum atomic E-state index is 9.63. The lowest BCUT2D eigenvalue weighted by molar-refractivity contribution is 0.253. The van der Waals surface area contributed by atoms with Crippen LogP contribution in [0.2, 0.25) is 0 Å². The zero-order chi connectivity index (χ0) is 13.9. The second kappa shape index (κ2) is 8.84. The molecule has 0 heterocycles. The Morgan fingerprint density at radius 2 is 2.21 bits per heavy atom. The third-order valence-corrected chi connectivity index (χ3v) is 2.31. The highest BCUT2D eigenvalue weighted by atomic mass is 16.5. The Morgan fingerprint density at radius 1 is 1.37 bits per heavy atom. The molecule has 0 aliphatic carbocycles.